The Bertz CT molecular complexity index is 364. The van der Waals surface area contributed by atoms with Crippen molar-refractivity contribution in [3.05, 3.63) is 0 Å². The molecule has 3 N–H and O–H groups in total. The molecule has 1 aliphatic carbocycles. The molecule has 1 saturated carbocycles. The van der Waals surface area contributed by atoms with E-state index in [-0.39, 0.29) is 0 Å². The van der Waals surface area contributed by atoms with Crippen LogP contribution in [0.25, 0.3) is 0 Å². The zero-order valence-electron chi connectivity index (χ0n) is 9.22. The maximum atomic E-state index is 5.80. The van der Waals surface area contributed by atoms with Crippen LogP contribution in [0.5, 0.6) is 0 Å². The number of nitrogens with two attached hydrogens (primary N) is 1. The summed E-state index contributed by atoms with van der Waals surface area (Å²) in [5.41, 5.74) is 5.57. The highest BCUT2D eigenvalue weighted by atomic mass is 16.5. The van der Waals surface area contributed by atoms with Crippen molar-refractivity contribution >= 4 is 11.9 Å². The molecule has 1 aromatic rings. The lowest BCUT2D eigenvalue weighted by atomic mass is 9.90. The zero-order valence-corrected chi connectivity index (χ0v) is 9.22. The fourth-order valence-electron chi connectivity index (χ4n) is 2.74. The fourth-order valence-corrected chi connectivity index (χ4v) is 2.74. The van der Waals surface area contributed by atoms with Crippen molar-refractivity contribution in [1.82, 2.24) is 15.2 Å². The van der Waals surface area contributed by atoms with E-state index in [1.807, 2.05) is 0 Å². The standard InChI is InChI=1S/C10H17N5O/c11-9-12-10(14-13-9)15-5-6-16-8-4-2-1-3-7(8)15/h7-8H,1-6H2,(H3,11,12,13,14). The van der Waals surface area contributed by atoms with E-state index in [9.17, 15) is 0 Å². The van der Waals surface area contributed by atoms with E-state index < -0.39 is 0 Å². The summed E-state index contributed by atoms with van der Waals surface area (Å²) in [5.74, 6) is 1.10. The van der Waals surface area contributed by atoms with E-state index in [0.29, 0.717) is 18.1 Å². The van der Waals surface area contributed by atoms with Crippen LogP contribution in [0.1, 0.15) is 25.7 Å². The van der Waals surface area contributed by atoms with Gasteiger partial charge in [-0.05, 0) is 12.8 Å². The molecule has 0 amide bonds. The number of anilines is 2. The molecule has 1 aromatic heterocycles. The summed E-state index contributed by atoms with van der Waals surface area (Å²) in [4.78, 5) is 6.44. The summed E-state index contributed by atoms with van der Waals surface area (Å²) in [6.07, 6.45) is 5.20. The van der Waals surface area contributed by atoms with Crippen LogP contribution in [0.2, 0.25) is 0 Å². The minimum Gasteiger partial charge on any atom is -0.374 e. The lowest BCUT2D eigenvalue weighted by Gasteiger charge is -2.43. The van der Waals surface area contributed by atoms with Crippen LogP contribution in [0.4, 0.5) is 11.9 Å². The number of hydrogen-bond donors (Lipinski definition) is 2. The van der Waals surface area contributed by atoms with Gasteiger partial charge in [-0.3, -0.25) is 0 Å². The Labute approximate surface area is 94.2 Å². The molecular weight excluding hydrogens is 206 g/mol. The highest BCUT2D eigenvalue weighted by Crippen LogP contribution is 2.30. The van der Waals surface area contributed by atoms with E-state index in [2.05, 4.69) is 20.1 Å². The maximum absolute atomic E-state index is 5.80. The Morgan fingerprint density at radius 2 is 2.25 bits per heavy atom. The number of nitrogens with zero attached hydrogens (tertiary/aromatic N) is 3. The lowest BCUT2D eigenvalue weighted by Crippen LogP contribution is -2.53. The molecule has 2 heterocycles. The van der Waals surface area contributed by atoms with Crippen LogP contribution in [0.15, 0.2) is 0 Å². The summed E-state index contributed by atoms with van der Waals surface area (Å²) in [7, 11) is 0. The van der Waals surface area contributed by atoms with E-state index in [0.717, 1.165) is 25.5 Å². The molecule has 0 bridgehead atoms. The SMILES string of the molecule is Nc1nc(N2CCOC3CCCCC32)n[nH]1. The number of morpholine rings is 1. The summed E-state index contributed by atoms with van der Waals surface area (Å²) >= 11 is 0. The molecule has 1 saturated heterocycles. The van der Waals surface area contributed by atoms with E-state index >= 15 is 0 Å². The normalized spacial score (nSPS) is 30.1. The Balaban J connectivity index is 1.82. The van der Waals surface area contributed by atoms with Crippen molar-refractivity contribution in [2.24, 2.45) is 0 Å². The first-order valence-corrected chi connectivity index (χ1v) is 5.91. The van der Waals surface area contributed by atoms with Crippen molar-refractivity contribution in [3.63, 3.8) is 0 Å². The van der Waals surface area contributed by atoms with Gasteiger partial charge in [0.05, 0.1) is 18.8 Å². The predicted octanol–water partition coefficient (Wildman–Crippen LogP) is 0.535. The Morgan fingerprint density at radius 3 is 3.06 bits per heavy atom. The van der Waals surface area contributed by atoms with Gasteiger partial charge in [0.25, 0.3) is 0 Å². The minimum absolute atomic E-state index is 0.349. The van der Waals surface area contributed by atoms with Gasteiger partial charge in [-0.2, -0.15) is 4.98 Å². The Morgan fingerprint density at radius 1 is 1.38 bits per heavy atom. The molecule has 3 rings (SSSR count). The number of H-pyrrole nitrogens is 1. The summed E-state index contributed by atoms with van der Waals surface area (Å²) in [6.45, 7) is 1.62. The number of aromatic nitrogens is 3. The van der Waals surface area contributed by atoms with Gasteiger partial charge in [-0.25, -0.2) is 5.10 Å². The van der Waals surface area contributed by atoms with Crippen molar-refractivity contribution in [2.45, 2.75) is 37.8 Å². The first-order chi connectivity index (χ1) is 7.84. The molecule has 88 valence electrons. The van der Waals surface area contributed by atoms with Gasteiger partial charge in [0.15, 0.2) is 0 Å². The van der Waals surface area contributed by atoms with Gasteiger partial charge in [-0.1, -0.05) is 12.8 Å². The van der Waals surface area contributed by atoms with Crippen LogP contribution >= 0.6 is 0 Å². The second kappa shape index (κ2) is 3.93. The van der Waals surface area contributed by atoms with Gasteiger partial charge in [-0.15, -0.1) is 5.10 Å². The highest BCUT2D eigenvalue weighted by Gasteiger charge is 2.35. The molecule has 6 nitrogen and oxygen atoms in total. The number of hydrogen-bond acceptors (Lipinski definition) is 5. The minimum atomic E-state index is 0.349. The molecule has 2 aliphatic rings. The number of fused-ring (bicyclic) bond motifs is 1. The van der Waals surface area contributed by atoms with Crippen molar-refractivity contribution < 1.29 is 4.74 Å². The van der Waals surface area contributed by atoms with Gasteiger partial charge in [0.1, 0.15) is 0 Å². The molecule has 1 aliphatic heterocycles. The van der Waals surface area contributed by atoms with E-state index in [1.165, 1.54) is 19.3 Å². The smallest absolute Gasteiger partial charge is 0.246 e. The van der Waals surface area contributed by atoms with Crippen LogP contribution in [-0.2, 0) is 4.74 Å². The number of rotatable bonds is 1. The quantitative estimate of drug-likeness (QED) is 0.726. The lowest BCUT2D eigenvalue weighted by molar-refractivity contribution is -0.00929. The number of nitrogens with one attached hydrogen (secondary N) is 1. The van der Waals surface area contributed by atoms with Crippen molar-refractivity contribution in [3.8, 4) is 0 Å². The van der Waals surface area contributed by atoms with Gasteiger partial charge >= 0.3 is 0 Å². The molecule has 2 unspecified atom stereocenters. The van der Waals surface area contributed by atoms with Gasteiger partial charge < -0.3 is 15.4 Å². The Hall–Kier alpha value is -1.30. The average Bonchev–Trinajstić information content (AvgIpc) is 2.75. The largest absolute Gasteiger partial charge is 0.374 e. The van der Waals surface area contributed by atoms with E-state index in [4.69, 9.17) is 10.5 Å². The average molecular weight is 223 g/mol. The predicted molar refractivity (Wildman–Crippen MR) is 60.1 cm³/mol. The topological polar surface area (TPSA) is 80.1 Å². The summed E-state index contributed by atoms with van der Waals surface area (Å²) in [6, 6.07) is 0.428. The molecule has 2 fully saturated rings. The third kappa shape index (κ3) is 1.63. The molecule has 0 aromatic carbocycles. The molecular formula is C10H17N5O. The van der Waals surface area contributed by atoms with Gasteiger partial charge in [0.2, 0.25) is 11.9 Å². The van der Waals surface area contributed by atoms with Crippen molar-refractivity contribution in [2.75, 3.05) is 23.8 Å². The van der Waals surface area contributed by atoms with Gasteiger partial charge in [0, 0.05) is 6.54 Å². The van der Waals surface area contributed by atoms with Crippen LogP contribution < -0.4 is 10.6 Å². The highest BCUT2D eigenvalue weighted by molar-refractivity contribution is 5.36. The maximum Gasteiger partial charge on any atom is 0.246 e. The second-order valence-corrected chi connectivity index (χ2v) is 4.48. The molecule has 2 atom stereocenters. The van der Waals surface area contributed by atoms with Crippen LogP contribution in [-0.4, -0.2) is 40.5 Å². The third-order valence-electron chi connectivity index (χ3n) is 3.48. The molecule has 6 heteroatoms. The zero-order chi connectivity index (χ0) is 11.0. The Kier molecular flexibility index (Phi) is 2.43. The third-order valence-corrected chi connectivity index (χ3v) is 3.48. The second-order valence-electron chi connectivity index (χ2n) is 4.48. The monoisotopic (exact) mass is 223 g/mol. The van der Waals surface area contributed by atoms with Crippen molar-refractivity contribution in [1.29, 1.82) is 0 Å². The first kappa shape index (κ1) is 9.89. The summed E-state index contributed by atoms with van der Waals surface area (Å²) < 4.78 is 5.80. The van der Waals surface area contributed by atoms with E-state index in [1.54, 1.807) is 0 Å². The van der Waals surface area contributed by atoms with Crippen LogP contribution in [0, 0.1) is 0 Å². The summed E-state index contributed by atoms with van der Waals surface area (Å²) in [5, 5.41) is 6.84. The number of ether oxygens (including phenoxy) is 1. The fraction of sp³-hybridized carbons (Fsp3) is 0.800. The molecule has 0 spiro atoms. The molecule has 16 heavy (non-hydrogen) atoms. The number of aromatic amines is 1. The first-order valence-electron chi connectivity index (χ1n) is 5.91. The van der Waals surface area contributed by atoms with Crippen LogP contribution in [0.3, 0.4) is 0 Å². The molecule has 0 radical (unpaired) electrons. The number of nitrogen functional groups attached to an aromatic ring is 1.